The first-order chi connectivity index (χ1) is 18.6. The Kier molecular flexibility index (Phi) is 9.08. The third-order valence-electron chi connectivity index (χ3n) is 6.97. The molecule has 0 saturated carbocycles. The van der Waals surface area contributed by atoms with E-state index in [2.05, 4.69) is 12.1 Å². The van der Waals surface area contributed by atoms with Gasteiger partial charge in [-0.15, -0.1) is 0 Å². The summed E-state index contributed by atoms with van der Waals surface area (Å²) in [6.07, 6.45) is 1.35. The van der Waals surface area contributed by atoms with Gasteiger partial charge in [0.15, 0.2) is 0 Å². The fraction of sp³-hybridized carbons (Fsp3) is 0.483. The van der Waals surface area contributed by atoms with Crippen LogP contribution < -0.4 is 10.4 Å². The van der Waals surface area contributed by atoms with Gasteiger partial charge in [0, 0.05) is 37.4 Å². The highest BCUT2D eigenvalue weighted by atomic mass is 16.6. The lowest BCUT2D eigenvalue weighted by Crippen LogP contribution is -2.48. The number of carbonyl (C=O) groups is 3. The van der Waals surface area contributed by atoms with Crippen molar-refractivity contribution >= 4 is 23.7 Å². The summed E-state index contributed by atoms with van der Waals surface area (Å²) in [5.74, 6) is -0.325. The van der Waals surface area contributed by atoms with E-state index in [1.807, 2.05) is 32.9 Å². The molecule has 0 atom stereocenters. The molecule has 2 heterocycles. The molecule has 0 bridgehead atoms. The molecule has 0 spiro atoms. The molecule has 2 N–H and O–H groups in total. The molecule has 0 unspecified atom stereocenters. The quantitative estimate of drug-likeness (QED) is 0.432. The maximum Gasteiger partial charge on any atom is 0.410 e. The molecule has 2 aliphatic heterocycles. The Morgan fingerprint density at radius 3 is 2.28 bits per heavy atom. The third-order valence-corrected chi connectivity index (χ3v) is 6.97. The minimum absolute atomic E-state index is 0.104. The minimum Gasteiger partial charge on any atom is -0.444 e. The summed E-state index contributed by atoms with van der Waals surface area (Å²) in [5, 5.41) is 8.89. The van der Waals surface area contributed by atoms with E-state index in [1.54, 1.807) is 44.4 Å². The van der Waals surface area contributed by atoms with Crippen molar-refractivity contribution in [3.8, 4) is 0 Å². The minimum atomic E-state index is -0.590. The third kappa shape index (κ3) is 7.48. The van der Waals surface area contributed by atoms with Crippen LogP contribution in [0, 0.1) is 0 Å². The van der Waals surface area contributed by atoms with Gasteiger partial charge < -0.3 is 19.3 Å². The number of hydrogen-bond donors (Lipinski definition) is 2. The van der Waals surface area contributed by atoms with Crippen molar-refractivity contribution in [1.29, 1.82) is 0 Å². The van der Waals surface area contributed by atoms with Gasteiger partial charge in [-0.3, -0.25) is 14.9 Å². The van der Waals surface area contributed by atoms with E-state index in [0.717, 1.165) is 29.7 Å². The van der Waals surface area contributed by atoms with Crippen molar-refractivity contribution in [2.45, 2.75) is 51.7 Å². The van der Waals surface area contributed by atoms with Crippen LogP contribution in [-0.4, -0.2) is 78.0 Å². The number of benzene rings is 2. The van der Waals surface area contributed by atoms with Crippen molar-refractivity contribution in [2.24, 2.45) is 0 Å². The molecule has 39 heavy (non-hydrogen) atoms. The van der Waals surface area contributed by atoms with Crippen molar-refractivity contribution < 1.29 is 29.1 Å². The Labute approximate surface area is 229 Å². The van der Waals surface area contributed by atoms with Crippen LogP contribution in [0.4, 0.5) is 15.3 Å². The van der Waals surface area contributed by atoms with E-state index in [0.29, 0.717) is 51.5 Å². The molecule has 4 rings (SSSR count). The number of urea groups is 1. The van der Waals surface area contributed by atoms with Gasteiger partial charge in [0.1, 0.15) is 5.60 Å². The Morgan fingerprint density at radius 2 is 1.67 bits per heavy atom. The van der Waals surface area contributed by atoms with Gasteiger partial charge in [-0.2, -0.15) is 0 Å². The number of amides is 4. The summed E-state index contributed by atoms with van der Waals surface area (Å²) in [5.41, 5.74) is 4.20. The van der Waals surface area contributed by atoms with E-state index >= 15 is 0 Å². The first kappa shape index (κ1) is 28.4. The number of rotatable bonds is 5. The van der Waals surface area contributed by atoms with Gasteiger partial charge in [-0.1, -0.05) is 24.3 Å². The lowest BCUT2D eigenvalue weighted by molar-refractivity contribution is 0.0204. The molecule has 2 saturated heterocycles. The molecule has 10 heteroatoms. The zero-order valence-corrected chi connectivity index (χ0v) is 22.9. The molecule has 2 fully saturated rings. The number of morpholine rings is 1. The Morgan fingerprint density at radius 1 is 1.00 bits per heavy atom. The summed E-state index contributed by atoms with van der Waals surface area (Å²) in [6.45, 7) is 9.21. The highest BCUT2D eigenvalue weighted by Gasteiger charge is 2.29. The predicted octanol–water partition coefficient (Wildman–Crippen LogP) is 4.38. The zero-order valence-electron chi connectivity index (χ0n) is 22.9. The molecular weight excluding hydrogens is 500 g/mol. The molecular formula is C29H38N4O6. The molecule has 2 aromatic carbocycles. The van der Waals surface area contributed by atoms with Gasteiger partial charge >= 0.3 is 12.1 Å². The second-order valence-electron chi connectivity index (χ2n) is 10.9. The summed E-state index contributed by atoms with van der Waals surface area (Å²) in [7, 11) is 0. The fourth-order valence-electron chi connectivity index (χ4n) is 4.87. The van der Waals surface area contributed by atoms with E-state index in [9.17, 15) is 14.4 Å². The fourth-order valence-corrected chi connectivity index (χ4v) is 4.87. The Balaban J connectivity index is 1.51. The lowest BCUT2D eigenvalue weighted by atomic mass is 9.89. The second-order valence-corrected chi connectivity index (χ2v) is 10.9. The number of likely N-dealkylation sites (tertiary alicyclic amines) is 1. The van der Waals surface area contributed by atoms with Gasteiger partial charge in [0.25, 0.3) is 5.91 Å². The maximum absolute atomic E-state index is 13.7. The molecule has 0 aliphatic carbocycles. The number of nitrogens with zero attached hydrogens (tertiary/aromatic N) is 3. The van der Waals surface area contributed by atoms with Crippen molar-refractivity contribution in [1.82, 2.24) is 15.3 Å². The van der Waals surface area contributed by atoms with E-state index in [4.69, 9.17) is 14.7 Å². The molecule has 10 nitrogen and oxygen atoms in total. The number of anilines is 1. The van der Waals surface area contributed by atoms with Crippen molar-refractivity contribution in [2.75, 3.05) is 44.3 Å². The summed E-state index contributed by atoms with van der Waals surface area (Å²) in [6, 6.07) is 14.7. The number of hydrogen-bond acceptors (Lipinski definition) is 6. The normalized spacial score (nSPS) is 16.5. The van der Waals surface area contributed by atoms with Crippen LogP contribution in [0.15, 0.2) is 48.5 Å². The SMILES string of the molecule is CC(C)(C)OC(=O)N1CCC(c2cccc(N(Cc3ccc(C(=O)NO)cc3)C(=O)N3CCOCC3)c2)CC1. The van der Waals surface area contributed by atoms with Gasteiger partial charge in [-0.25, -0.2) is 15.1 Å². The molecule has 4 amide bonds. The number of nitrogens with one attached hydrogen (secondary N) is 1. The van der Waals surface area contributed by atoms with Crippen LogP contribution in [0.5, 0.6) is 0 Å². The smallest absolute Gasteiger partial charge is 0.410 e. The van der Waals surface area contributed by atoms with E-state index < -0.39 is 11.5 Å². The first-order valence-corrected chi connectivity index (χ1v) is 13.4. The predicted molar refractivity (Wildman–Crippen MR) is 146 cm³/mol. The topological polar surface area (TPSA) is 112 Å². The standard InChI is InChI=1S/C29H38N4O6/c1-29(2,3)39-28(36)32-13-11-22(12-14-32)24-5-4-6-25(19-24)33(27(35)31-15-17-38-18-16-31)20-21-7-9-23(10-8-21)26(34)30-37/h4-10,19,22,37H,11-18,20H2,1-3H3,(H,30,34). The van der Waals surface area contributed by atoms with Gasteiger partial charge in [-0.05, 0) is 74.9 Å². The van der Waals surface area contributed by atoms with Crippen LogP contribution >= 0.6 is 0 Å². The van der Waals surface area contributed by atoms with Gasteiger partial charge in [0.05, 0.1) is 19.8 Å². The zero-order chi connectivity index (χ0) is 28.0. The second kappa shape index (κ2) is 12.5. The highest BCUT2D eigenvalue weighted by Crippen LogP contribution is 2.32. The van der Waals surface area contributed by atoms with Gasteiger partial charge in [0.2, 0.25) is 0 Å². The van der Waals surface area contributed by atoms with E-state index in [-0.39, 0.29) is 18.0 Å². The number of carbonyl (C=O) groups excluding carboxylic acids is 3. The Bertz CT molecular complexity index is 1150. The molecule has 0 aromatic heterocycles. The first-order valence-electron chi connectivity index (χ1n) is 13.4. The van der Waals surface area contributed by atoms with Crippen LogP contribution in [0.25, 0.3) is 0 Å². The maximum atomic E-state index is 13.7. The number of hydroxylamine groups is 1. The summed E-state index contributed by atoms with van der Waals surface area (Å²) >= 11 is 0. The average molecular weight is 539 g/mol. The largest absolute Gasteiger partial charge is 0.444 e. The number of piperidine rings is 1. The highest BCUT2D eigenvalue weighted by molar-refractivity contribution is 5.94. The number of ether oxygens (including phenoxy) is 2. The van der Waals surface area contributed by atoms with Crippen molar-refractivity contribution in [3.63, 3.8) is 0 Å². The summed E-state index contributed by atoms with van der Waals surface area (Å²) < 4.78 is 11.0. The van der Waals surface area contributed by atoms with Crippen LogP contribution in [0.3, 0.4) is 0 Å². The molecule has 2 aromatic rings. The average Bonchev–Trinajstić information content (AvgIpc) is 2.95. The Hall–Kier alpha value is -3.63. The van der Waals surface area contributed by atoms with Crippen LogP contribution in [-0.2, 0) is 16.0 Å². The van der Waals surface area contributed by atoms with E-state index in [1.165, 1.54) is 0 Å². The monoisotopic (exact) mass is 538 g/mol. The summed E-state index contributed by atoms with van der Waals surface area (Å²) in [4.78, 5) is 43.2. The molecule has 210 valence electrons. The molecule has 2 aliphatic rings. The van der Waals surface area contributed by atoms with Crippen molar-refractivity contribution in [3.05, 3.63) is 65.2 Å². The van der Waals surface area contributed by atoms with Crippen LogP contribution in [0.2, 0.25) is 0 Å². The lowest BCUT2D eigenvalue weighted by Gasteiger charge is -2.35. The van der Waals surface area contributed by atoms with Crippen LogP contribution in [0.1, 0.15) is 61.0 Å². The molecule has 0 radical (unpaired) electrons.